The third kappa shape index (κ3) is 4.73. The van der Waals surface area contributed by atoms with Gasteiger partial charge in [-0.2, -0.15) is 0 Å². The summed E-state index contributed by atoms with van der Waals surface area (Å²) in [5, 5.41) is 13.2. The molecule has 2 N–H and O–H groups in total. The van der Waals surface area contributed by atoms with Gasteiger partial charge in [-0.3, -0.25) is 4.57 Å². The van der Waals surface area contributed by atoms with Gasteiger partial charge in [0.1, 0.15) is 4.88 Å². The quantitative estimate of drug-likeness (QED) is 0.304. The van der Waals surface area contributed by atoms with Crippen molar-refractivity contribution in [2.24, 2.45) is 0 Å². The van der Waals surface area contributed by atoms with Crippen molar-refractivity contribution in [2.45, 2.75) is 6.92 Å². The summed E-state index contributed by atoms with van der Waals surface area (Å²) in [7, 11) is -3.73. The van der Waals surface area contributed by atoms with Crippen molar-refractivity contribution >= 4 is 59.0 Å². The van der Waals surface area contributed by atoms with Gasteiger partial charge >= 0.3 is 13.5 Å². The first kappa shape index (κ1) is 22.4. The molecule has 9 heteroatoms. The van der Waals surface area contributed by atoms with Gasteiger partial charge in [-0.05, 0) is 48.9 Å². The average molecular weight is 480 g/mol. The Morgan fingerprint density at radius 1 is 1.23 bits per heavy atom. The number of terminal acetylenes is 1. The van der Waals surface area contributed by atoms with Crippen LogP contribution in [0.2, 0.25) is 10.0 Å². The maximum atomic E-state index is 13.6. The van der Waals surface area contributed by atoms with E-state index in [1.807, 2.05) is 0 Å². The predicted octanol–water partition coefficient (Wildman–Crippen LogP) is 6.37. The van der Waals surface area contributed by atoms with Crippen LogP contribution >= 0.6 is 42.1 Å². The van der Waals surface area contributed by atoms with E-state index in [0.717, 1.165) is 16.9 Å². The fourth-order valence-corrected chi connectivity index (χ4v) is 6.30. The van der Waals surface area contributed by atoms with Gasteiger partial charge in [-0.1, -0.05) is 41.3 Å². The van der Waals surface area contributed by atoms with E-state index in [1.54, 1.807) is 43.3 Å². The zero-order valence-corrected chi connectivity index (χ0v) is 18.9. The van der Waals surface area contributed by atoms with E-state index in [1.165, 1.54) is 12.1 Å². The zero-order valence-electron chi connectivity index (χ0n) is 15.7. The minimum Gasteiger partial charge on any atom is -0.477 e. The van der Waals surface area contributed by atoms with Crippen molar-refractivity contribution in [1.29, 1.82) is 0 Å². The highest BCUT2D eigenvalue weighted by Gasteiger charge is 2.31. The van der Waals surface area contributed by atoms with E-state index in [9.17, 15) is 14.5 Å². The summed E-state index contributed by atoms with van der Waals surface area (Å²) >= 11 is 13.2. The molecule has 0 fully saturated rings. The molecule has 0 aliphatic carbocycles. The van der Waals surface area contributed by atoms with Crippen LogP contribution in [0.4, 0.5) is 5.69 Å². The van der Waals surface area contributed by atoms with Crippen molar-refractivity contribution in [3.63, 3.8) is 0 Å². The van der Waals surface area contributed by atoms with Crippen LogP contribution in [0, 0.1) is 12.3 Å². The first-order chi connectivity index (χ1) is 14.3. The molecule has 0 aliphatic rings. The summed E-state index contributed by atoms with van der Waals surface area (Å²) in [6.45, 7) is 1.80. The molecule has 0 amide bonds. The lowest BCUT2D eigenvalue weighted by Gasteiger charge is -2.21. The molecule has 2 aromatic carbocycles. The summed E-state index contributed by atoms with van der Waals surface area (Å²) < 4.78 is 19.2. The van der Waals surface area contributed by atoms with Crippen LogP contribution in [-0.2, 0) is 9.09 Å². The number of hydrogen-bond acceptors (Lipinski definition) is 4. The van der Waals surface area contributed by atoms with Crippen LogP contribution in [0.25, 0.3) is 10.4 Å². The number of rotatable bonds is 7. The molecule has 0 saturated carbocycles. The van der Waals surface area contributed by atoms with Crippen molar-refractivity contribution in [2.75, 3.05) is 11.7 Å². The molecule has 0 spiro atoms. The van der Waals surface area contributed by atoms with E-state index in [-0.39, 0.29) is 27.5 Å². The molecule has 3 rings (SSSR count). The summed E-state index contributed by atoms with van der Waals surface area (Å²) in [4.78, 5) is 12.5. The van der Waals surface area contributed by atoms with Crippen molar-refractivity contribution < 1.29 is 19.0 Å². The standard InChI is InChI=1S/C21H16Cl2NO4PS/c1-3-13-5-7-14(8-6-13)19-12-17(20(30-19)21(25)26)24-29(27,28-4-2)18-10-9-15(22)11-16(18)23/h1,5-12H,4H2,2H3,(H,24,27)(H,25,26). The number of benzene rings is 2. The Bertz CT molecular complexity index is 1180. The van der Waals surface area contributed by atoms with E-state index in [0.29, 0.717) is 15.5 Å². The number of thiophene rings is 1. The van der Waals surface area contributed by atoms with Crippen molar-refractivity contribution in [3.05, 3.63) is 69.0 Å². The number of halogens is 2. The first-order valence-corrected chi connectivity index (χ1v) is 11.9. The lowest BCUT2D eigenvalue weighted by Crippen LogP contribution is -2.16. The fourth-order valence-electron chi connectivity index (χ4n) is 2.73. The molecule has 0 saturated heterocycles. The lowest BCUT2D eigenvalue weighted by atomic mass is 10.1. The van der Waals surface area contributed by atoms with Gasteiger partial charge in [-0.25, -0.2) is 4.79 Å². The third-order valence-electron chi connectivity index (χ3n) is 4.07. The minimum absolute atomic E-state index is 0.00367. The SMILES string of the molecule is C#Cc1ccc(-c2cc(NP(=O)(OCC)c3ccc(Cl)cc3Cl)c(C(=O)O)s2)cc1. The highest BCUT2D eigenvalue weighted by molar-refractivity contribution is 7.68. The highest BCUT2D eigenvalue weighted by Crippen LogP contribution is 2.50. The molecular formula is C21H16Cl2NO4PS. The average Bonchev–Trinajstić information content (AvgIpc) is 3.11. The van der Waals surface area contributed by atoms with Gasteiger partial charge in [0, 0.05) is 15.5 Å². The molecule has 0 radical (unpaired) electrons. The fraction of sp³-hybridized carbons (Fsp3) is 0.0952. The molecule has 3 aromatic rings. The Hall–Kier alpha value is -2.26. The minimum atomic E-state index is -3.73. The van der Waals surface area contributed by atoms with Crippen LogP contribution in [0.5, 0.6) is 0 Å². The van der Waals surface area contributed by atoms with Crippen LogP contribution in [-0.4, -0.2) is 17.7 Å². The van der Waals surface area contributed by atoms with Crippen LogP contribution < -0.4 is 10.4 Å². The molecule has 30 heavy (non-hydrogen) atoms. The number of carboxylic acid groups (broad SMARTS) is 1. The Morgan fingerprint density at radius 2 is 1.93 bits per heavy atom. The van der Waals surface area contributed by atoms with Crippen molar-refractivity contribution in [1.82, 2.24) is 0 Å². The maximum absolute atomic E-state index is 13.6. The molecular weight excluding hydrogens is 464 g/mol. The summed E-state index contributed by atoms with van der Waals surface area (Å²) in [6, 6.07) is 13.2. The van der Waals surface area contributed by atoms with E-state index in [2.05, 4.69) is 11.0 Å². The normalized spacial score (nSPS) is 12.7. The smallest absolute Gasteiger partial charge is 0.348 e. The van der Waals surface area contributed by atoms with E-state index >= 15 is 0 Å². The largest absolute Gasteiger partial charge is 0.477 e. The van der Waals surface area contributed by atoms with E-state index < -0.39 is 13.5 Å². The maximum Gasteiger partial charge on any atom is 0.348 e. The van der Waals surface area contributed by atoms with E-state index in [4.69, 9.17) is 34.1 Å². The Kier molecular flexibility index (Phi) is 6.92. The van der Waals surface area contributed by atoms with Gasteiger partial charge in [0.15, 0.2) is 0 Å². The molecule has 154 valence electrons. The predicted molar refractivity (Wildman–Crippen MR) is 124 cm³/mol. The van der Waals surface area contributed by atoms with Crippen LogP contribution in [0.15, 0.2) is 48.5 Å². The van der Waals surface area contributed by atoms with Gasteiger partial charge in [0.25, 0.3) is 0 Å². The highest BCUT2D eigenvalue weighted by atomic mass is 35.5. The number of nitrogens with one attached hydrogen (secondary N) is 1. The van der Waals surface area contributed by atoms with Crippen molar-refractivity contribution in [3.8, 4) is 22.8 Å². The van der Waals surface area contributed by atoms with Gasteiger partial charge in [0.05, 0.1) is 22.6 Å². The lowest BCUT2D eigenvalue weighted by molar-refractivity contribution is 0.0703. The third-order valence-corrected chi connectivity index (χ3v) is 8.10. The monoisotopic (exact) mass is 479 g/mol. The summed E-state index contributed by atoms with van der Waals surface area (Å²) in [6.07, 6.45) is 5.38. The number of anilines is 1. The molecule has 1 atom stereocenters. The summed E-state index contributed by atoms with van der Waals surface area (Å²) in [5.74, 6) is 1.38. The van der Waals surface area contributed by atoms with Crippen LogP contribution in [0.3, 0.4) is 0 Å². The number of carboxylic acids is 1. The molecule has 5 nitrogen and oxygen atoms in total. The first-order valence-electron chi connectivity index (χ1n) is 8.70. The second kappa shape index (κ2) is 9.26. The number of aromatic carboxylic acids is 1. The topological polar surface area (TPSA) is 75.6 Å². The summed E-state index contributed by atoms with van der Waals surface area (Å²) in [5.41, 5.74) is 1.67. The zero-order chi connectivity index (χ0) is 21.9. The van der Waals surface area contributed by atoms with Crippen LogP contribution in [0.1, 0.15) is 22.2 Å². The Morgan fingerprint density at radius 3 is 2.50 bits per heavy atom. The second-order valence-electron chi connectivity index (χ2n) is 6.06. The molecule has 0 aliphatic heterocycles. The molecule has 0 bridgehead atoms. The van der Waals surface area contributed by atoms with Gasteiger partial charge < -0.3 is 14.7 Å². The molecule has 1 heterocycles. The number of carbonyl (C=O) groups is 1. The number of hydrogen-bond donors (Lipinski definition) is 2. The Labute approximate surface area is 188 Å². The van der Waals surface area contributed by atoms with Gasteiger partial charge in [0.2, 0.25) is 0 Å². The van der Waals surface area contributed by atoms with Gasteiger partial charge in [-0.15, -0.1) is 17.8 Å². The molecule has 1 unspecified atom stereocenters. The Balaban J connectivity index is 2.06. The second-order valence-corrected chi connectivity index (χ2v) is 10.0. The molecule has 1 aromatic heterocycles.